The Morgan fingerprint density at radius 3 is 2.56 bits per heavy atom. The number of amides is 2. The van der Waals surface area contributed by atoms with Gasteiger partial charge in [-0.3, -0.25) is 10.00 Å². The summed E-state index contributed by atoms with van der Waals surface area (Å²) in [5, 5.41) is 11.2. The van der Waals surface area contributed by atoms with E-state index in [1.807, 2.05) is 78.9 Å². The van der Waals surface area contributed by atoms with E-state index in [1.54, 1.807) is 18.8 Å². The molecular weight excluding hydrogens is 476 g/mol. The number of aryl methyl sites for hydroxylation is 1. The average Bonchev–Trinajstić information content (AvgIpc) is 3.48. The first kappa shape index (κ1) is 23.4. The number of anilines is 1. The van der Waals surface area contributed by atoms with E-state index in [1.165, 1.54) is 0 Å². The summed E-state index contributed by atoms with van der Waals surface area (Å²) in [4.78, 5) is 21.2. The molecule has 8 nitrogen and oxygen atoms in total. The number of nitrogens with one attached hydrogen (secondary N) is 3. The fourth-order valence-electron chi connectivity index (χ4n) is 4.01. The number of benzene rings is 3. The first-order valence-corrected chi connectivity index (χ1v) is 11.8. The van der Waals surface area contributed by atoms with Crippen LogP contribution in [0.3, 0.4) is 0 Å². The highest BCUT2D eigenvalue weighted by molar-refractivity contribution is 6.30. The van der Waals surface area contributed by atoms with E-state index in [9.17, 15) is 4.79 Å². The van der Waals surface area contributed by atoms with Crippen LogP contribution in [0.4, 0.5) is 10.6 Å². The molecule has 9 heteroatoms. The Balaban J connectivity index is 1.37. The highest BCUT2D eigenvalue weighted by Crippen LogP contribution is 2.24. The highest BCUT2D eigenvalue weighted by Gasteiger charge is 2.20. The number of para-hydroxylation sites is 2. The molecule has 1 unspecified atom stereocenters. The van der Waals surface area contributed by atoms with Crippen LogP contribution >= 0.6 is 11.6 Å². The molecule has 0 saturated carbocycles. The van der Waals surface area contributed by atoms with Crippen molar-refractivity contribution in [2.24, 2.45) is 7.05 Å². The van der Waals surface area contributed by atoms with Crippen molar-refractivity contribution in [3.05, 3.63) is 95.3 Å². The van der Waals surface area contributed by atoms with Crippen LogP contribution in [0.5, 0.6) is 5.75 Å². The van der Waals surface area contributed by atoms with Crippen molar-refractivity contribution in [3.8, 4) is 17.0 Å². The normalized spacial score (nSPS) is 11.9. The number of rotatable bonds is 7. The number of ether oxygens (including phenoxy) is 1. The van der Waals surface area contributed by atoms with Gasteiger partial charge in [-0.05, 0) is 48.4 Å². The minimum atomic E-state index is -0.394. The number of nitrogens with zero attached hydrogens (tertiary/aromatic N) is 3. The van der Waals surface area contributed by atoms with Crippen molar-refractivity contribution in [3.63, 3.8) is 0 Å². The van der Waals surface area contributed by atoms with Crippen molar-refractivity contribution >= 4 is 34.5 Å². The van der Waals surface area contributed by atoms with Gasteiger partial charge in [0.25, 0.3) is 0 Å². The molecule has 1 atom stereocenters. The van der Waals surface area contributed by atoms with Gasteiger partial charge >= 0.3 is 6.03 Å². The molecule has 0 saturated heterocycles. The molecule has 2 amide bonds. The molecule has 2 aromatic heterocycles. The molecule has 182 valence electrons. The molecule has 5 aromatic rings. The fraction of sp³-hybridized carbons (Fsp3) is 0.148. The van der Waals surface area contributed by atoms with E-state index in [4.69, 9.17) is 21.3 Å². The van der Waals surface area contributed by atoms with E-state index in [2.05, 4.69) is 20.7 Å². The largest absolute Gasteiger partial charge is 0.497 e. The SMILES string of the molecule is COc1ccc(CC(NC(=O)Nc2cc(-c3ccc(Cl)cc3)nn2C)c2nc3ccccc3[nH]2)cc1. The van der Waals surface area contributed by atoms with Gasteiger partial charge in [-0.2, -0.15) is 5.10 Å². The third-order valence-electron chi connectivity index (χ3n) is 5.90. The number of carbonyl (C=O) groups is 1. The first-order valence-electron chi connectivity index (χ1n) is 11.4. The first-order chi connectivity index (χ1) is 17.5. The summed E-state index contributed by atoms with van der Waals surface area (Å²) < 4.78 is 6.90. The monoisotopic (exact) mass is 500 g/mol. The lowest BCUT2D eigenvalue weighted by atomic mass is 10.1. The topological polar surface area (TPSA) is 96.9 Å². The van der Waals surface area contributed by atoms with Crippen LogP contribution in [-0.2, 0) is 13.5 Å². The van der Waals surface area contributed by atoms with Gasteiger partial charge < -0.3 is 15.0 Å². The Labute approximate surface area is 213 Å². The minimum absolute atomic E-state index is 0.361. The molecule has 0 fully saturated rings. The van der Waals surface area contributed by atoms with Crippen molar-refractivity contribution in [1.29, 1.82) is 0 Å². The number of imidazole rings is 1. The van der Waals surface area contributed by atoms with Crippen molar-refractivity contribution in [2.45, 2.75) is 12.5 Å². The van der Waals surface area contributed by atoms with E-state index in [-0.39, 0.29) is 6.03 Å². The zero-order chi connectivity index (χ0) is 25.1. The zero-order valence-corrected chi connectivity index (χ0v) is 20.6. The molecule has 0 aliphatic heterocycles. The molecule has 0 bridgehead atoms. The number of fused-ring (bicyclic) bond motifs is 1. The molecular formula is C27H25ClN6O2. The summed E-state index contributed by atoms with van der Waals surface area (Å²) in [6.45, 7) is 0. The van der Waals surface area contributed by atoms with E-state index in [0.29, 0.717) is 23.1 Å². The second-order valence-electron chi connectivity index (χ2n) is 8.39. The van der Waals surface area contributed by atoms with Crippen LogP contribution in [0.25, 0.3) is 22.3 Å². The Bertz CT molecular complexity index is 1460. The number of carbonyl (C=O) groups excluding carboxylic acids is 1. The second kappa shape index (κ2) is 10.1. The molecule has 5 rings (SSSR count). The summed E-state index contributed by atoms with van der Waals surface area (Å²) >= 11 is 6.00. The molecule has 0 spiro atoms. The molecule has 0 aliphatic rings. The smallest absolute Gasteiger partial charge is 0.320 e. The summed E-state index contributed by atoms with van der Waals surface area (Å²) in [5.74, 6) is 2.01. The predicted octanol–water partition coefficient (Wildman–Crippen LogP) is 5.73. The second-order valence-corrected chi connectivity index (χ2v) is 8.82. The lowest BCUT2D eigenvalue weighted by Gasteiger charge is -2.17. The van der Waals surface area contributed by atoms with Crippen LogP contribution < -0.4 is 15.4 Å². The van der Waals surface area contributed by atoms with Crippen LogP contribution in [-0.4, -0.2) is 32.9 Å². The number of hydrogen-bond acceptors (Lipinski definition) is 4. The number of methoxy groups -OCH3 is 1. The number of aromatic nitrogens is 4. The van der Waals surface area contributed by atoms with Crippen LogP contribution in [0, 0.1) is 0 Å². The van der Waals surface area contributed by atoms with Crippen molar-refractivity contribution in [2.75, 3.05) is 12.4 Å². The number of halogens is 1. The summed E-state index contributed by atoms with van der Waals surface area (Å²) in [7, 11) is 3.41. The minimum Gasteiger partial charge on any atom is -0.497 e. The van der Waals surface area contributed by atoms with Gasteiger partial charge in [0.15, 0.2) is 0 Å². The molecule has 0 radical (unpaired) electrons. The van der Waals surface area contributed by atoms with Gasteiger partial charge in [0.1, 0.15) is 17.4 Å². The van der Waals surface area contributed by atoms with Crippen molar-refractivity contribution < 1.29 is 9.53 Å². The van der Waals surface area contributed by atoms with Crippen LogP contribution in [0.15, 0.2) is 78.9 Å². The maximum absolute atomic E-state index is 13.1. The van der Waals surface area contributed by atoms with E-state index in [0.717, 1.165) is 33.6 Å². The number of H-pyrrole nitrogens is 1. The zero-order valence-electron chi connectivity index (χ0n) is 19.8. The Kier molecular flexibility index (Phi) is 6.60. The summed E-state index contributed by atoms with van der Waals surface area (Å²) in [6.07, 6.45) is 0.540. The Morgan fingerprint density at radius 1 is 1.08 bits per heavy atom. The fourth-order valence-corrected chi connectivity index (χ4v) is 4.13. The lowest BCUT2D eigenvalue weighted by Crippen LogP contribution is -2.34. The maximum Gasteiger partial charge on any atom is 0.320 e. The third kappa shape index (κ3) is 5.18. The Morgan fingerprint density at radius 2 is 1.83 bits per heavy atom. The maximum atomic E-state index is 13.1. The van der Waals surface area contributed by atoms with Gasteiger partial charge in [-0.1, -0.05) is 48.0 Å². The predicted molar refractivity (Wildman–Crippen MR) is 141 cm³/mol. The quantitative estimate of drug-likeness (QED) is 0.266. The van der Waals surface area contributed by atoms with Gasteiger partial charge in [0, 0.05) is 23.7 Å². The summed E-state index contributed by atoms with van der Waals surface area (Å²) in [6, 6.07) is 24.0. The van der Waals surface area contributed by atoms with Crippen molar-refractivity contribution in [1.82, 2.24) is 25.1 Å². The van der Waals surface area contributed by atoms with Gasteiger partial charge in [-0.15, -0.1) is 0 Å². The standard InChI is InChI=1S/C27H25ClN6O2/c1-34-25(16-23(33-34)18-9-11-19(28)12-10-18)32-27(35)31-24(15-17-7-13-20(36-2)14-8-17)26-29-21-5-3-4-6-22(21)30-26/h3-14,16,24H,15H2,1-2H3,(H,29,30)(H2,31,32,35). The Hall–Kier alpha value is -4.30. The van der Waals surface area contributed by atoms with Crippen LogP contribution in [0.1, 0.15) is 17.4 Å². The molecule has 36 heavy (non-hydrogen) atoms. The highest BCUT2D eigenvalue weighted by atomic mass is 35.5. The third-order valence-corrected chi connectivity index (χ3v) is 6.16. The lowest BCUT2D eigenvalue weighted by molar-refractivity contribution is 0.248. The van der Waals surface area contributed by atoms with E-state index < -0.39 is 6.04 Å². The average molecular weight is 501 g/mol. The molecule has 0 aliphatic carbocycles. The van der Waals surface area contributed by atoms with Gasteiger partial charge in [0.05, 0.1) is 29.9 Å². The number of aromatic amines is 1. The molecule has 3 aromatic carbocycles. The van der Waals surface area contributed by atoms with Crippen LogP contribution in [0.2, 0.25) is 5.02 Å². The number of hydrogen-bond donors (Lipinski definition) is 3. The van der Waals surface area contributed by atoms with E-state index >= 15 is 0 Å². The number of urea groups is 1. The summed E-state index contributed by atoms with van der Waals surface area (Å²) in [5.41, 5.74) is 4.43. The molecule has 2 heterocycles. The van der Waals surface area contributed by atoms with Gasteiger partial charge in [-0.25, -0.2) is 9.78 Å². The molecule has 3 N–H and O–H groups in total. The van der Waals surface area contributed by atoms with Gasteiger partial charge in [0.2, 0.25) is 0 Å².